The molecule has 0 aliphatic heterocycles. The summed E-state index contributed by atoms with van der Waals surface area (Å²) in [5, 5.41) is 0.467. The van der Waals surface area contributed by atoms with E-state index >= 15 is 0 Å². The van der Waals surface area contributed by atoms with Gasteiger partial charge in [-0.15, -0.1) is 0 Å². The third kappa shape index (κ3) is 3.42. The average molecular weight is 303 g/mol. The van der Waals surface area contributed by atoms with Gasteiger partial charge in [-0.05, 0) is 29.8 Å². The van der Waals surface area contributed by atoms with Gasteiger partial charge in [-0.2, -0.15) is 13.2 Å². The molecule has 6 heteroatoms. The van der Waals surface area contributed by atoms with Crippen molar-refractivity contribution in [3.63, 3.8) is 0 Å². The van der Waals surface area contributed by atoms with E-state index in [1.807, 2.05) is 0 Å². The zero-order chi connectivity index (χ0) is 14.8. The van der Waals surface area contributed by atoms with Crippen LogP contribution in [0.2, 0.25) is 5.02 Å². The Hall–Kier alpha value is -1.75. The van der Waals surface area contributed by atoms with Gasteiger partial charge in [0.2, 0.25) is 5.78 Å². The summed E-state index contributed by atoms with van der Waals surface area (Å²) in [5.41, 5.74) is 0.543. The molecular formula is C14H10ClF3O2. The summed E-state index contributed by atoms with van der Waals surface area (Å²) in [6.45, 7) is 0. The third-order valence-corrected chi connectivity index (χ3v) is 3.12. The Morgan fingerprint density at radius 3 is 2.35 bits per heavy atom. The highest BCUT2D eigenvalue weighted by Crippen LogP contribution is 2.32. The summed E-state index contributed by atoms with van der Waals surface area (Å²) in [5.74, 6) is -2.25. The number of benzene rings is 1. The molecule has 0 amide bonds. The lowest BCUT2D eigenvalue weighted by Gasteiger charge is -2.15. The number of hydrogen-bond donors (Lipinski definition) is 0. The van der Waals surface area contributed by atoms with Crippen LogP contribution in [0.15, 0.2) is 47.1 Å². The molecule has 0 unspecified atom stereocenters. The maximum atomic E-state index is 12.4. The Kier molecular flexibility index (Phi) is 4.18. The highest BCUT2D eigenvalue weighted by Gasteiger charge is 2.40. The smallest absolute Gasteiger partial charge is 0.450 e. The standard InChI is InChI=1S/C14H10ClF3O2/c15-10-5-3-9(4-6-10)11(12-2-1-7-20-12)8-13(19)14(16,17)18/h1-7,11H,8H2/t11-/m0/s1. The molecule has 0 radical (unpaired) electrons. The van der Waals surface area contributed by atoms with Crippen molar-refractivity contribution in [2.24, 2.45) is 0 Å². The van der Waals surface area contributed by atoms with Gasteiger partial charge in [-0.25, -0.2) is 0 Å². The molecular weight excluding hydrogens is 293 g/mol. The van der Waals surface area contributed by atoms with Gasteiger partial charge in [0.05, 0.1) is 6.26 Å². The van der Waals surface area contributed by atoms with Crippen molar-refractivity contribution in [1.29, 1.82) is 0 Å². The first-order chi connectivity index (χ1) is 9.38. The zero-order valence-electron chi connectivity index (χ0n) is 10.2. The van der Waals surface area contributed by atoms with E-state index in [0.717, 1.165) is 0 Å². The van der Waals surface area contributed by atoms with Crippen molar-refractivity contribution < 1.29 is 22.4 Å². The van der Waals surface area contributed by atoms with E-state index in [1.165, 1.54) is 6.26 Å². The highest BCUT2D eigenvalue weighted by molar-refractivity contribution is 6.30. The van der Waals surface area contributed by atoms with Crippen LogP contribution >= 0.6 is 11.6 Å². The largest absolute Gasteiger partial charge is 0.469 e. The van der Waals surface area contributed by atoms with Crippen molar-refractivity contribution in [1.82, 2.24) is 0 Å². The number of halogens is 4. The minimum absolute atomic E-state index is 0.310. The first-order valence-corrected chi connectivity index (χ1v) is 6.14. The summed E-state index contributed by atoms with van der Waals surface area (Å²) in [6.07, 6.45) is -4.19. The minimum Gasteiger partial charge on any atom is -0.469 e. The maximum absolute atomic E-state index is 12.4. The monoisotopic (exact) mass is 302 g/mol. The molecule has 2 nitrogen and oxygen atoms in total. The van der Waals surface area contributed by atoms with E-state index in [4.69, 9.17) is 16.0 Å². The quantitative estimate of drug-likeness (QED) is 0.827. The first-order valence-electron chi connectivity index (χ1n) is 5.77. The van der Waals surface area contributed by atoms with Gasteiger partial charge in [0.1, 0.15) is 5.76 Å². The Bertz CT molecular complexity index is 573. The number of hydrogen-bond acceptors (Lipinski definition) is 2. The molecule has 1 aromatic heterocycles. The van der Waals surface area contributed by atoms with E-state index in [1.54, 1.807) is 36.4 Å². The van der Waals surface area contributed by atoms with Crippen LogP contribution in [0.5, 0.6) is 0 Å². The Morgan fingerprint density at radius 1 is 1.20 bits per heavy atom. The number of furan rings is 1. The Balaban J connectivity index is 2.31. The second kappa shape index (κ2) is 5.71. The van der Waals surface area contributed by atoms with Crippen LogP contribution in [0.3, 0.4) is 0 Å². The molecule has 0 N–H and O–H groups in total. The lowest BCUT2D eigenvalue weighted by Crippen LogP contribution is -2.24. The molecule has 1 heterocycles. The Morgan fingerprint density at radius 2 is 1.85 bits per heavy atom. The van der Waals surface area contributed by atoms with Gasteiger partial charge in [-0.3, -0.25) is 4.79 Å². The van der Waals surface area contributed by atoms with E-state index in [-0.39, 0.29) is 0 Å². The van der Waals surface area contributed by atoms with Crippen LogP contribution in [0.4, 0.5) is 13.2 Å². The lowest BCUT2D eigenvalue weighted by molar-refractivity contribution is -0.171. The van der Waals surface area contributed by atoms with Crippen molar-refractivity contribution in [2.75, 3.05) is 0 Å². The van der Waals surface area contributed by atoms with Crippen LogP contribution in [-0.4, -0.2) is 12.0 Å². The van der Waals surface area contributed by atoms with Gasteiger partial charge in [-0.1, -0.05) is 23.7 Å². The topological polar surface area (TPSA) is 30.2 Å². The van der Waals surface area contributed by atoms with E-state index < -0.39 is 24.3 Å². The predicted octanol–water partition coefficient (Wildman–Crippen LogP) is 4.59. The minimum atomic E-state index is -4.85. The average Bonchev–Trinajstić information content (AvgIpc) is 2.89. The zero-order valence-corrected chi connectivity index (χ0v) is 10.9. The molecule has 0 aliphatic carbocycles. The van der Waals surface area contributed by atoms with Crippen molar-refractivity contribution in [3.8, 4) is 0 Å². The molecule has 1 atom stereocenters. The normalized spacial score (nSPS) is 13.2. The number of ketones is 1. The molecule has 106 valence electrons. The van der Waals surface area contributed by atoms with Crippen LogP contribution in [0, 0.1) is 0 Å². The van der Waals surface area contributed by atoms with Crippen LogP contribution in [-0.2, 0) is 4.79 Å². The molecule has 2 aromatic rings. The number of Topliss-reactive ketones (excluding diaryl/α,β-unsaturated/α-hetero) is 1. The van der Waals surface area contributed by atoms with Crippen molar-refractivity contribution >= 4 is 17.4 Å². The van der Waals surface area contributed by atoms with Crippen LogP contribution < -0.4 is 0 Å². The fourth-order valence-corrected chi connectivity index (χ4v) is 1.99. The molecule has 0 fully saturated rings. The molecule has 20 heavy (non-hydrogen) atoms. The molecule has 0 spiro atoms. The first kappa shape index (κ1) is 14.7. The van der Waals surface area contributed by atoms with E-state index in [0.29, 0.717) is 16.3 Å². The Labute approximate surface area is 118 Å². The summed E-state index contributed by atoms with van der Waals surface area (Å²) in [4.78, 5) is 11.2. The third-order valence-electron chi connectivity index (χ3n) is 2.86. The van der Waals surface area contributed by atoms with Gasteiger partial charge in [0, 0.05) is 17.4 Å². The summed E-state index contributed by atoms with van der Waals surface area (Å²) in [7, 11) is 0. The maximum Gasteiger partial charge on any atom is 0.450 e. The lowest BCUT2D eigenvalue weighted by atomic mass is 9.91. The molecule has 0 aliphatic rings. The van der Waals surface area contributed by atoms with Gasteiger partial charge >= 0.3 is 6.18 Å². The molecule has 0 saturated carbocycles. The molecule has 2 rings (SSSR count). The van der Waals surface area contributed by atoms with Crippen LogP contribution in [0.25, 0.3) is 0 Å². The number of alkyl halides is 3. The van der Waals surface area contributed by atoms with Crippen molar-refractivity contribution in [2.45, 2.75) is 18.5 Å². The van der Waals surface area contributed by atoms with Gasteiger partial charge < -0.3 is 4.42 Å². The second-order valence-electron chi connectivity index (χ2n) is 4.24. The number of rotatable bonds is 4. The van der Waals surface area contributed by atoms with Crippen molar-refractivity contribution in [3.05, 3.63) is 59.0 Å². The number of carbonyl (C=O) groups is 1. The predicted molar refractivity (Wildman–Crippen MR) is 67.7 cm³/mol. The fraction of sp³-hybridized carbons (Fsp3) is 0.214. The molecule has 1 aromatic carbocycles. The highest BCUT2D eigenvalue weighted by atomic mass is 35.5. The second-order valence-corrected chi connectivity index (χ2v) is 4.68. The van der Waals surface area contributed by atoms with Gasteiger partial charge in [0.15, 0.2) is 0 Å². The van der Waals surface area contributed by atoms with Gasteiger partial charge in [0.25, 0.3) is 0 Å². The molecule has 0 saturated heterocycles. The fourth-order valence-electron chi connectivity index (χ4n) is 1.87. The number of carbonyl (C=O) groups excluding carboxylic acids is 1. The summed E-state index contributed by atoms with van der Waals surface area (Å²) in [6, 6.07) is 9.40. The molecule has 0 bridgehead atoms. The SMILES string of the molecule is O=C(C[C@@H](c1ccc(Cl)cc1)c1ccco1)C(F)(F)F. The summed E-state index contributed by atoms with van der Waals surface area (Å²) < 4.78 is 42.4. The van der Waals surface area contributed by atoms with Crippen LogP contribution in [0.1, 0.15) is 23.7 Å². The summed E-state index contributed by atoms with van der Waals surface area (Å²) >= 11 is 5.75. The van der Waals surface area contributed by atoms with E-state index in [9.17, 15) is 18.0 Å². The van der Waals surface area contributed by atoms with E-state index in [2.05, 4.69) is 0 Å².